The third kappa shape index (κ3) is 4.03. The highest BCUT2D eigenvalue weighted by molar-refractivity contribution is 6.30. The maximum Gasteiger partial charge on any atom is 0.422 e. The lowest BCUT2D eigenvalue weighted by Gasteiger charge is -2.26. The molecule has 0 fully saturated rings. The average Bonchev–Trinajstić information content (AvgIpc) is 2.97. The molecule has 25 heavy (non-hydrogen) atoms. The molecule has 0 aliphatic carbocycles. The molecule has 1 N–H and O–H groups in total. The molecule has 0 bridgehead atoms. The number of halogens is 1. The second-order valence-corrected chi connectivity index (χ2v) is 6.28. The fraction of sp³-hybridized carbons (Fsp3) is 0.333. The summed E-state index contributed by atoms with van der Waals surface area (Å²) in [5.41, 5.74) is 2.59. The van der Waals surface area contributed by atoms with Crippen molar-refractivity contribution in [2.75, 3.05) is 19.7 Å². The highest BCUT2D eigenvalue weighted by Crippen LogP contribution is 2.24. The predicted molar refractivity (Wildman–Crippen MR) is 96.8 cm³/mol. The fourth-order valence-electron chi connectivity index (χ4n) is 2.92. The van der Waals surface area contributed by atoms with E-state index in [2.05, 4.69) is 16.0 Å². The Morgan fingerprint density at radius 1 is 1.32 bits per heavy atom. The number of imidazole rings is 1. The number of nitrogens with one attached hydrogen (secondary N) is 1. The first kappa shape index (κ1) is 17.5. The van der Waals surface area contributed by atoms with E-state index in [-0.39, 0.29) is 6.61 Å². The minimum Gasteiger partial charge on any atom is -0.449 e. The van der Waals surface area contributed by atoms with Crippen LogP contribution in [-0.4, -0.2) is 40.2 Å². The maximum absolute atomic E-state index is 11.9. The van der Waals surface area contributed by atoms with Gasteiger partial charge in [-0.2, -0.15) is 4.57 Å². The Morgan fingerprint density at radius 3 is 2.72 bits per heavy atom. The molecule has 0 atom stereocenters. The number of nitrogens with zero attached hydrogens (tertiary/aromatic N) is 2. The zero-order valence-corrected chi connectivity index (χ0v) is 14.8. The Labute approximate surface area is 150 Å². The van der Waals surface area contributed by atoms with Gasteiger partial charge in [0, 0.05) is 30.9 Å². The summed E-state index contributed by atoms with van der Waals surface area (Å²) in [6, 6.07) is 7.83. The Morgan fingerprint density at radius 2 is 2.08 bits per heavy atom. The average molecular weight is 362 g/mol. The molecule has 0 saturated carbocycles. The van der Waals surface area contributed by atoms with Gasteiger partial charge in [0.25, 0.3) is 0 Å². The molecule has 7 heteroatoms. The summed E-state index contributed by atoms with van der Waals surface area (Å²) in [4.78, 5) is 28.5. The van der Waals surface area contributed by atoms with Crippen LogP contribution in [0.4, 0.5) is 4.79 Å². The Balaban J connectivity index is 1.69. The highest BCUT2D eigenvalue weighted by Gasteiger charge is 2.19. The number of carbonyl (C=O) groups excluding carboxylic acids is 1. The van der Waals surface area contributed by atoms with E-state index in [4.69, 9.17) is 16.3 Å². The minimum atomic E-state index is -0.641. The van der Waals surface area contributed by atoms with E-state index in [0.717, 1.165) is 29.1 Å². The second kappa shape index (κ2) is 7.72. The molecule has 2 heterocycles. The van der Waals surface area contributed by atoms with E-state index in [0.29, 0.717) is 12.2 Å². The number of H-pyrrole nitrogens is 1. The van der Waals surface area contributed by atoms with Gasteiger partial charge in [0.1, 0.15) is 0 Å². The summed E-state index contributed by atoms with van der Waals surface area (Å²) < 4.78 is 6.00. The smallest absolute Gasteiger partial charge is 0.422 e. The molecule has 1 aliphatic heterocycles. The molecular weight excluding hydrogens is 342 g/mol. The Kier molecular flexibility index (Phi) is 5.40. The number of hydrogen-bond acceptors (Lipinski definition) is 4. The number of aromatic amines is 1. The topological polar surface area (TPSA) is 67.3 Å². The van der Waals surface area contributed by atoms with Crippen molar-refractivity contribution in [1.82, 2.24) is 14.5 Å². The largest absolute Gasteiger partial charge is 0.449 e. The van der Waals surface area contributed by atoms with Crippen LogP contribution in [0.1, 0.15) is 24.6 Å². The van der Waals surface area contributed by atoms with Crippen molar-refractivity contribution >= 4 is 23.3 Å². The quantitative estimate of drug-likeness (QED) is 0.908. The lowest BCUT2D eigenvalue weighted by Crippen LogP contribution is -2.32. The standard InChI is InChI=1S/C18H20ClN3O3/c1-2-25-18(24)22-16(11-20-17(22)23)12-21-9-7-14(8-10-21)13-3-5-15(19)6-4-13/h3-7,11H,2,8-10,12H2,1H3,(H,20,23). The van der Waals surface area contributed by atoms with Crippen LogP contribution in [0.25, 0.3) is 5.57 Å². The second-order valence-electron chi connectivity index (χ2n) is 5.84. The van der Waals surface area contributed by atoms with Crippen LogP contribution >= 0.6 is 11.6 Å². The van der Waals surface area contributed by atoms with Gasteiger partial charge in [0.05, 0.1) is 12.3 Å². The van der Waals surface area contributed by atoms with E-state index in [1.165, 1.54) is 11.1 Å². The normalized spacial score (nSPS) is 15.0. The summed E-state index contributed by atoms with van der Waals surface area (Å²) >= 11 is 5.93. The van der Waals surface area contributed by atoms with Crippen molar-refractivity contribution in [3.05, 3.63) is 63.3 Å². The molecule has 1 aromatic heterocycles. The van der Waals surface area contributed by atoms with E-state index in [1.807, 2.05) is 24.3 Å². The third-order valence-corrected chi connectivity index (χ3v) is 4.45. The third-order valence-electron chi connectivity index (χ3n) is 4.20. The molecule has 0 amide bonds. The molecular formula is C18H20ClN3O3. The molecule has 2 aromatic rings. The number of hydrogen-bond donors (Lipinski definition) is 1. The fourth-order valence-corrected chi connectivity index (χ4v) is 3.05. The van der Waals surface area contributed by atoms with Gasteiger partial charge in [-0.05, 0) is 36.6 Å². The maximum atomic E-state index is 11.9. The molecule has 0 saturated heterocycles. The van der Waals surface area contributed by atoms with Crippen molar-refractivity contribution in [1.29, 1.82) is 0 Å². The van der Waals surface area contributed by atoms with Crippen molar-refractivity contribution in [3.8, 4) is 0 Å². The van der Waals surface area contributed by atoms with Gasteiger partial charge >= 0.3 is 11.8 Å². The number of benzene rings is 1. The molecule has 0 unspecified atom stereocenters. The van der Waals surface area contributed by atoms with Crippen molar-refractivity contribution in [2.24, 2.45) is 0 Å². The number of ether oxygens (including phenoxy) is 1. The molecule has 132 valence electrons. The van der Waals surface area contributed by atoms with Crippen LogP contribution in [-0.2, 0) is 11.3 Å². The van der Waals surface area contributed by atoms with Crippen LogP contribution in [0.5, 0.6) is 0 Å². The van der Waals surface area contributed by atoms with Gasteiger partial charge in [-0.1, -0.05) is 29.8 Å². The molecule has 1 aliphatic rings. The number of rotatable bonds is 4. The minimum absolute atomic E-state index is 0.229. The van der Waals surface area contributed by atoms with E-state index < -0.39 is 11.8 Å². The van der Waals surface area contributed by atoms with Gasteiger partial charge in [-0.15, -0.1) is 0 Å². The van der Waals surface area contributed by atoms with Gasteiger partial charge in [0.2, 0.25) is 0 Å². The number of aromatic nitrogens is 2. The van der Waals surface area contributed by atoms with E-state index >= 15 is 0 Å². The SMILES string of the molecule is CCOC(=O)n1c(CN2CC=C(c3ccc(Cl)cc3)CC2)c[nH]c1=O. The zero-order chi connectivity index (χ0) is 17.8. The first-order valence-corrected chi connectivity index (χ1v) is 8.60. The molecule has 0 spiro atoms. The summed E-state index contributed by atoms with van der Waals surface area (Å²) in [5.74, 6) is 0. The van der Waals surface area contributed by atoms with Crippen LogP contribution in [0.2, 0.25) is 5.02 Å². The Bertz CT molecular complexity index is 836. The van der Waals surface area contributed by atoms with Crippen LogP contribution in [0.3, 0.4) is 0 Å². The Hall–Kier alpha value is -2.31. The lowest BCUT2D eigenvalue weighted by atomic mass is 9.99. The number of carbonyl (C=O) groups is 1. The molecule has 3 rings (SSSR count). The summed E-state index contributed by atoms with van der Waals surface area (Å²) in [6.45, 7) is 4.04. The van der Waals surface area contributed by atoms with Gasteiger partial charge < -0.3 is 9.72 Å². The van der Waals surface area contributed by atoms with Crippen LogP contribution < -0.4 is 5.69 Å². The summed E-state index contributed by atoms with van der Waals surface area (Å²) in [7, 11) is 0. The summed E-state index contributed by atoms with van der Waals surface area (Å²) in [6.07, 6.45) is 4.00. The van der Waals surface area contributed by atoms with Gasteiger partial charge in [-0.3, -0.25) is 4.90 Å². The van der Waals surface area contributed by atoms with Gasteiger partial charge in [0.15, 0.2) is 0 Å². The summed E-state index contributed by atoms with van der Waals surface area (Å²) in [5, 5.41) is 0.728. The van der Waals surface area contributed by atoms with Gasteiger partial charge in [-0.25, -0.2) is 9.59 Å². The first-order valence-electron chi connectivity index (χ1n) is 8.22. The highest BCUT2D eigenvalue weighted by atomic mass is 35.5. The predicted octanol–water partition coefficient (Wildman–Crippen LogP) is 3.12. The van der Waals surface area contributed by atoms with Crippen molar-refractivity contribution in [2.45, 2.75) is 19.9 Å². The molecule has 6 nitrogen and oxygen atoms in total. The van der Waals surface area contributed by atoms with Crippen molar-refractivity contribution in [3.63, 3.8) is 0 Å². The monoisotopic (exact) mass is 361 g/mol. The molecule has 1 aromatic carbocycles. The lowest BCUT2D eigenvalue weighted by molar-refractivity contribution is 0.151. The molecule has 0 radical (unpaired) electrons. The van der Waals surface area contributed by atoms with E-state index in [1.54, 1.807) is 13.1 Å². The van der Waals surface area contributed by atoms with E-state index in [9.17, 15) is 9.59 Å². The van der Waals surface area contributed by atoms with Crippen molar-refractivity contribution < 1.29 is 9.53 Å². The first-order chi connectivity index (χ1) is 12.1. The van der Waals surface area contributed by atoms with Crippen LogP contribution in [0, 0.1) is 0 Å². The van der Waals surface area contributed by atoms with Crippen LogP contribution in [0.15, 0.2) is 41.3 Å². The zero-order valence-electron chi connectivity index (χ0n) is 14.0.